The third kappa shape index (κ3) is 10.2. The minimum absolute atomic E-state index is 0.0238. The van der Waals surface area contributed by atoms with Gasteiger partial charge in [-0.3, -0.25) is 4.90 Å². The quantitative estimate of drug-likeness (QED) is 0.0664. The van der Waals surface area contributed by atoms with Gasteiger partial charge in [-0.1, -0.05) is 12.1 Å². The molecule has 4 N–H and O–H groups in total. The van der Waals surface area contributed by atoms with E-state index in [1.54, 1.807) is 13.2 Å². The van der Waals surface area contributed by atoms with Gasteiger partial charge in [-0.2, -0.15) is 0 Å². The van der Waals surface area contributed by atoms with E-state index in [9.17, 15) is 10.2 Å². The Kier molecular flexibility index (Phi) is 17.0. The number of nitrogens with zero attached hydrogens (tertiary/aromatic N) is 1. The lowest BCUT2D eigenvalue weighted by molar-refractivity contribution is -0.215. The topological polar surface area (TPSA) is 201 Å². The average molecular weight is 742 g/mol. The number of carboxylic acid groups (broad SMARTS) is 2. The lowest BCUT2D eigenvalue weighted by Gasteiger charge is -2.64. The number of carboxylic acids is 2. The molecule has 294 valence electrons. The molecule has 2 aliphatic carbocycles. The Labute approximate surface area is 304 Å². The highest BCUT2D eigenvalue weighted by Crippen LogP contribution is 2.65. The molecule has 1 spiro atoms. The Balaban J connectivity index is 0.000000929. The molecule has 1 aromatic rings. The summed E-state index contributed by atoms with van der Waals surface area (Å²) in [5.41, 5.74) is 0.592. The van der Waals surface area contributed by atoms with Gasteiger partial charge < -0.3 is 63.1 Å². The molecular formula is C36H55NO15. The number of aliphatic carboxylic acids is 2. The fourth-order valence-corrected chi connectivity index (χ4v) is 7.74. The number of rotatable bonds is 24. The van der Waals surface area contributed by atoms with Crippen molar-refractivity contribution in [1.82, 2.24) is 4.90 Å². The van der Waals surface area contributed by atoms with Crippen LogP contribution in [0.2, 0.25) is 0 Å². The van der Waals surface area contributed by atoms with Crippen LogP contribution in [0.3, 0.4) is 0 Å². The monoisotopic (exact) mass is 741 g/mol. The zero-order valence-electron chi connectivity index (χ0n) is 30.0. The second kappa shape index (κ2) is 21.1. The fourth-order valence-electron chi connectivity index (χ4n) is 7.74. The third-order valence-electron chi connectivity index (χ3n) is 9.92. The maximum atomic E-state index is 12.4. The van der Waals surface area contributed by atoms with Crippen molar-refractivity contribution in [2.45, 2.75) is 54.9 Å². The summed E-state index contributed by atoms with van der Waals surface area (Å²) < 4.78 is 50.9. The van der Waals surface area contributed by atoms with Gasteiger partial charge in [0.1, 0.15) is 6.10 Å². The molecule has 5 atom stereocenters. The minimum atomic E-state index is -1.82. The number of likely N-dealkylation sites (tertiary alicyclic amines) is 1. The smallest absolute Gasteiger partial charge is 0.414 e. The molecule has 2 bridgehead atoms. The van der Waals surface area contributed by atoms with Crippen LogP contribution in [0, 0.1) is 0 Å². The maximum absolute atomic E-state index is 12.4. The number of hydrogen-bond donors (Lipinski definition) is 4. The Morgan fingerprint density at radius 2 is 1.37 bits per heavy atom. The van der Waals surface area contributed by atoms with E-state index in [1.807, 2.05) is 12.1 Å². The van der Waals surface area contributed by atoms with Crippen LogP contribution in [0.4, 0.5) is 0 Å². The van der Waals surface area contributed by atoms with E-state index in [-0.39, 0.29) is 24.0 Å². The van der Waals surface area contributed by atoms with Crippen molar-refractivity contribution in [3.63, 3.8) is 0 Å². The molecule has 4 aliphatic rings. The van der Waals surface area contributed by atoms with Gasteiger partial charge >= 0.3 is 11.9 Å². The Morgan fingerprint density at radius 1 is 0.846 bits per heavy atom. The standard InChI is InChI=1S/C34H53NO11.C2H2O4/c1-3-9-35-10-8-33-30-26-4-5-27(36)31(30)46-32(33)28(6-7-34(33,37)29(35)25-26)45-24-23-44-22-21-43-20-19-42-18-17-41-16-15-40-14-13-39-12-11-38-2;3-1(4)2(5)6/h3-5,28-29,32,36-37H,1,6-25H2,2H3;(H,3,4)(H,5,6)/t28?,29-,32+,33+,34-;/m1./s1. The Hall–Kier alpha value is -2.90. The van der Waals surface area contributed by atoms with Crippen LogP contribution in [0.5, 0.6) is 11.5 Å². The van der Waals surface area contributed by atoms with Crippen molar-refractivity contribution in [2.75, 3.05) is 113 Å². The molecule has 1 unspecified atom stereocenters. The molecule has 1 saturated heterocycles. The SMILES string of the molecule is C=CCN1CC[C@]23c4c5ccc(O)c4O[C@H]2C(OCCOCCOCCOCCOCCOCCOCCOC)CC[C@@]3(O)[C@H]1C5.O=C(O)C(=O)O. The summed E-state index contributed by atoms with van der Waals surface area (Å²) in [4.78, 5) is 20.6. The molecule has 2 aliphatic heterocycles. The second-order valence-electron chi connectivity index (χ2n) is 12.9. The largest absolute Gasteiger partial charge is 0.504 e. The third-order valence-corrected chi connectivity index (χ3v) is 9.92. The van der Waals surface area contributed by atoms with Gasteiger partial charge in [-0.15, -0.1) is 6.58 Å². The fraction of sp³-hybridized carbons (Fsp3) is 0.722. The van der Waals surface area contributed by atoms with Crippen LogP contribution in [0.1, 0.15) is 30.4 Å². The number of aliphatic hydroxyl groups is 1. The first-order chi connectivity index (χ1) is 25.2. The van der Waals surface area contributed by atoms with E-state index in [0.717, 1.165) is 37.1 Å². The molecule has 2 heterocycles. The Morgan fingerprint density at radius 3 is 1.87 bits per heavy atom. The Bertz CT molecular complexity index is 1270. The zero-order valence-corrected chi connectivity index (χ0v) is 30.0. The number of phenols is 1. The first kappa shape index (κ1) is 41.9. The van der Waals surface area contributed by atoms with Crippen molar-refractivity contribution >= 4 is 11.9 Å². The molecule has 5 rings (SSSR count). The van der Waals surface area contributed by atoms with E-state index < -0.39 is 23.0 Å². The van der Waals surface area contributed by atoms with Crippen LogP contribution >= 0.6 is 0 Å². The molecular weight excluding hydrogens is 686 g/mol. The van der Waals surface area contributed by atoms with Gasteiger partial charge in [0.25, 0.3) is 0 Å². The van der Waals surface area contributed by atoms with Gasteiger partial charge in [0.05, 0.1) is 110 Å². The van der Waals surface area contributed by atoms with Crippen molar-refractivity contribution in [3.8, 4) is 11.5 Å². The predicted molar refractivity (Wildman–Crippen MR) is 184 cm³/mol. The van der Waals surface area contributed by atoms with Gasteiger partial charge in [-0.25, -0.2) is 9.59 Å². The first-order valence-corrected chi connectivity index (χ1v) is 17.8. The van der Waals surface area contributed by atoms with E-state index in [0.29, 0.717) is 111 Å². The summed E-state index contributed by atoms with van der Waals surface area (Å²) in [7, 11) is 1.65. The number of benzene rings is 1. The average Bonchev–Trinajstić information content (AvgIpc) is 3.48. The lowest BCUT2D eigenvalue weighted by atomic mass is 9.48. The van der Waals surface area contributed by atoms with Crippen molar-refractivity contribution in [3.05, 3.63) is 35.9 Å². The van der Waals surface area contributed by atoms with Crippen molar-refractivity contribution in [2.24, 2.45) is 0 Å². The summed E-state index contributed by atoms with van der Waals surface area (Å²) in [6, 6.07) is 3.69. The van der Waals surface area contributed by atoms with Crippen LogP contribution < -0.4 is 4.74 Å². The van der Waals surface area contributed by atoms with Gasteiger partial charge in [0.15, 0.2) is 11.5 Å². The zero-order chi connectivity index (χ0) is 37.4. The molecule has 0 radical (unpaired) electrons. The van der Waals surface area contributed by atoms with E-state index in [4.69, 9.17) is 62.4 Å². The summed E-state index contributed by atoms with van der Waals surface area (Å²) in [6.07, 6.45) is 4.12. The second-order valence-corrected chi connectivity index (χ2v) is 12.9. The number of phenolic OH excluding ortho intramolecular Hbond substituents is 1. The van der Waals surface area contributed by atoms with Gasteiger partial charge in [0.2, 0.25) is 0 Å². The molecule has 52 heavy (non-hydrogen) atoms. The molecule has 2 fully saturated rings. The molecule has 0 aromatic heterocycles. The number of ether oxygens (including phenoxy) is 9. The molecule has 1 aromatic carbocycles. The van der Waals surface area contributed by atoms with Gasteiger partial charge in [-0.05, 0) is 43.9 Å². The highest BCUT2D eigenvalue weighted by Gasteiger charge is 2.73. The lowest BCUT2D eigenvalue weighted by Crippen LogP contribution is -2.77. The van der Waals surface area contributed by atoms with Crippen LogP contribution in [0.15, 0.2) is 24.8 Å². The maximum Gasteiger partial charge on any atom is 0.414 e. The van der Waals surface area contributed by atoms with Crippen molar-refractivity contribution in [1.29, 1.82) is 0 Å². The van der Waals surface area contributed by atoms with Crippen molar-refractivity contribution < 1.29 is 72.6 Å². The van der Waals surface area contributed by atoms with E-state index >= 15 is 0 Å². The molecule has 0 amide bonds. The summed E-state index contributed by atoms with van der Waals surface area (Å²) in [6.45, 7) is 12.6. The van der Waals surface area contributed by atoms with Gasteiger partial charge in [0, 0.05) is 25.3 Å². The highest BCUT2D eigenvalue weighted by atomic mass is 16.6. The number of carbonyl (C=O) groups is 2. The molecule has 16 nitrogen and oxygen atoms in total. The molecule has 1 saturated carbocycles. The normalized spacial score (nSPS) is 25.5. The number of piperidine rings is 1. The number of methoxy groups -OCH3 is 1. The first-order valence-electron chi connectivity index (χ1n) is 17.8. The predicted octanol–water partition coefficient (Wildman–Crippen LogP) is 1.02. The summed E-state index contributed by atoms with van der Waals surface area (Å²) in [5.74, 6) is -2.99. The van der Waals surface area contributed by atoms with E-state index in [1.165, 1.54) is 0 Å². The van der Waals surface area contributed by atoms with E-state index in [2.05, 4.69) is 11.5 Å². The highest BCUT2D eigenvalue weighted by molar-refractivity contribution is 6.27. The van der Waals surface area contributed by atoms with Crippen LogP contribution in [0.25, 0.3) is 0 Å². The van der Waals surface area contributed by atoms with Crippen LogP contribution in [-0.4, -0.2) is 174 Å². The number of aromatic hydroxyl groups is 1. The minimum Gasteiger partial charge on any atom is -0.504 e. The number of hydrogen-bond acceptors (Lipinski definition) is 14. The summed E-state index contributed by atoms with van der Waals surface area (Å²) >= 11 is 0. The summed E-state index contributed by atoms with van der Waals surface area (Å²) in [5, 5.41) is 37.9. The van der Waals surface area contributed by atoms with Crippen LogP contribution in [-0.2, 0) is 59.3 Å². The molecule has 16 heteroatoms.